The van der Waals surface area contributed by atoms with Gasteiger partial charge in [0.25, 0.3) is 0 Å². The van der Waals surface area contributed by atoms with Gasteiger partial charge in [-0.25, -0.2) is 9.97 Å². The predicted octanol–water partition coefficient (Wildman–Crippen LogP) is 0.944. The van der Waals surface area contributed by atoms with E-state index in [2.05, 4.69) is 27.9 Å². The van der Waals surface area contributed by atoms with Crippen LogP contribution in [0.15, 0.2) is 6.07 Å². The van der Waals surface area contributed by atoms with Crippen molar-refractivity contribution in [1.82, 2.24) is 14.9 Å². The van der Waals surface area contributed by atoms with Crippen molar-refractivity contribution in [1.29, 1.82) is 0 Å². The van der Waals surface area contributed by atoms with Gasteiger partial charge in [0.1, 0.15) is 11.6 Å². The van der Waals surface area contributed by atoms with Crippen LogP contribution in [-0.4, -0.2) is 58.7 Å². The molecule has 0 bridgehead atoms. The standard InChI is InChI=1S/C14H22N4O2/c1-3-4-12-9-13(16-11(2)15-12)18-7-5-17(6-8-18)10-14(19)20/h9H,3-8,10H2,1-2H3,(H,19,20). The fourth-order valence-corrected chi connectivity index (χ4v) is 2.48. The molecule has 0 amide bonds. The van der Waals surface area contributed by atoms with Gasteiger partial charge < -0.3 is 10.0 Å². The second-order valence-electron chi connectivity index (χ2n) is 5.17. The number of aliphatic carboxylic acids is 1. The third-order valence-corrected chi connectivity index (χ3v) is 3.44. The highest BCUT2D eigenvalue weighted by Crippen LogP contribution is 2.16. The summed E-state index contributed by atoms with van der Waals surface area (Å²) in [5.74, 6) is 1.01. The van der Waals surface area contributed by atoms with Gasteiger partial charge in [-0.3, -0.25) is 9.69 Å². The van der Waals surface area contributed by atoms with E-state index >= 15 is 0 Å². The Hall–Kier alpha value is -1.69. The van der Waals surface area contributed by atoms with E-state index in [1.54, 1.807) is 0 Å². The first-order valence-electron chi connectivity index (χ1n) is 7.12. The first-order valence-corrected chi connectivity index (χ1v) is 7.12. The van der Waals surface area contributed by atoms with E-state index in [0.717, 1.165) is 56.4 Å². The van der Waals surface area contributed by atoms with E-state index in [0.29, 0.717) is 0 Å². The molecule has 1 saturated heterocycles. The van der Waals surface area contributed by atoms with Crippen LogP contribution in [-0.2, 0) is 11.2 Å². The molecule has 0 radical (unpaired) electrons. The molecule has 0 saturated carbocycles. The number of hydrogen-bond donors (Lipinski definition) is 1. The zero-order chi connectivity index (χ0) is 14.5. The number of carboxylic acid groups (broad SMARTS) is 1. The third-order valence-electron chi connectivity index (χ3n) is 3.44. The van der Waals surface area contributed by atoms with E-state index in [1.807, 2.05) is 11.8 Å². The lowest BCUT2D eigenvalue weighted by Crippen LogP contribution is -2.48. The summed E-state index contributed by atoms with van der Waals surface area (Å²) in [6.07, 6.45) is 2.04. The first-order chi connectivity index (χ1) is 9.58. The molecule has 1 aromatic rings. The van der Waals surface area contributed by atoms with Gasteiger partial charge in [0.05, 0.1) is 6.54 Å². The van der Waals surface area contributed by atoms with E-state index < -0.39 is 5.97 Å². The zero-order valence-corrected chi connectivity index (χ0v) is 12.2. The lowest BCUT2D eigenvalue weighted by atomic mass is 10.2. The predicted molar refractivity (Wildman–Crippen MR) is 77.1 cm³/mol. The Morgan fingerprint density at radius 1 is 1.30 bits per heavy atom. The van der Waals surface area contributed by atoms with Gasteiger partial charge in [0.2, 0.25) is 0 Å². The van der Waals surface area contributed by atoms with Crippen LogP contribution >= 0.6 is 0 Å². The molecule has 1 aliphatic heterocycles. The minimum Gasteiger partial charge on any atom is -0.480 e. The van der Waals surface area contributed by atoms with Crippen LogP contribution in [0.3, 0.4) is 0 Å². The molecule has 2 rings (SSSR count). The summed E-state index contributed by atoms with van der Waals surface area (Å²) in [6.45, 7) is 7.34. The molecular formula is C14H22N4O2. The summed E-state index contributed by atoms with van der Waals surface area (Å²) in [5, 5.41) is 8.80. The van der Waals surface area contributed by atoms with Crippen molar-refractivity contribution < 1.29 is 9.90 Å². The van der Waals surface area contributed by atoms with Crippen molar-refractivity contribution in [2.75, 3.05) is 37.6 Å². The molecule has 1 fully saturated rings. The topological polar surface area (TPSA) is 69.6 Å². The number of hydrogen-bond acceptors (Lipinski definition) is 5. The van der Waals surface area contributed by atoms with Crippen LogP contribution < -0.4 is 4.90 Å². The highest BCUT2D eigenvalue weighted by Gasteiger charge is 2.20. The van der Waals surface area contributed by atoms with Crippen molar-refractivity contribution in [2.24, 2.45) is 0 Å². The molecule has 0 spiro atoms. The lowest BCUT2D eigenvalue weighted by molar-refractivity contribution is -0.138. The first kappa shape index (κ1) is 14.7. The molecule has 0 aromatic carbocycles. The van der Waals surface area contributed by atoms with Crippen molar-refractivity contribution in [2.45, 2.75) is 26.7 Å². The molecule has 1 aromatic heterocycles. The summed E-state index contributed by atoms with van der Waals surface area (Å²) in [7, 11) is 0. The number of anilines is 1. The van der Waals surface area contributed by atoms with Crippen molar-refractivity contribution in [3.63, 3.8) is 0 Å². The number of rotatable bonds is 5. The summed E-state index contributed by atoms with van der Waals surface area (Å²) < 4.78 is 0. The van der Waals surface area contributed by atoms with E-state index in [4.69, 9.17) is 5.11 Å². The Bertz CT molecular complexity index is 470. The quantitative estimate of drug-likeness (QED) is 0.864. The van der Waals surface area contributed by atoms with Gasteiger partial charge in [-0.2, -0.15) is 0 Å². The largest absolute Gasteiger partial charge is 0.480 e. The number of carboxylic acids is 1. The average Bonchev–Trinajstić information content (AvgIpc) is 2.38. The second-order valence-corrected chi connectivity index (χ2v) is 5.17. The molecule has 1 aliphatic rings. The summed E-state index contributed by atoms with van der Waals surface area (Å²) >= 11 is 0. The van der Waals surface area contributed by atoms with Crippen LogP contribution in [0, 0.1) is 6.92 Å². The van der Waals surface area contributed by atoms with Crippen molar-refractivity contribution in [3.8, 4) is 0 Å². The smallest absolute Gasteiger partial charge is 0.317 e. The number of nitrogens with zero attached hydrogens (tertiary/aromatic N) is 4. The zero-order valence-electron chi connectivity index (χ0n) is 12.2. The van der Waals surface area contributed by atoms with Crippen LogP contribution in [0.2, 0.25) is 0 Å². The Morgan fingerprint density at radius 3 is 2.60 bits per heavy atom. The second kappa shape index (κ2) is 6.65. The maximum atomic E-state index is 10.7. The Kier molecular flexibility index (Phi) is 4.89. The SMILES string of the molecule is CCCc1cc(N2CCN(CC(=O)O)CC2)nc(C)n1. The van der Waals surface area contributed by atoms with Crippen LogP contribution in [0.1, 0.15) is 24.9 Å². The minimum absolute atomic E-state index is 0.123. The summed E-state index contributed by atoms with van der Waals surface area (Å²) in [6, 6.07) is 2.06. The molecule has 0 unspecified atom stereocenters. The van der Waals surface area contributed by atoms with E-state index in [1.165, 1.54) is 0 Å². The maximum Gasteiger partial charge on any atom is 0.317 e. The average molecular weight is 278 g/mol. The Labute approximate surface area is 119 Å². The molecule has 6 nitrogen and oxygen atoms in total. The van der Waals surface area contributed by atoms with Gasteiger partial charge in [-0.15, -0.1) is 0 Å². The molecular weight excluding hydrogens is 256 g/mol. The highest BCUT2D eigenvalue weighted by atomic mass is 16.4. The van der Waals surface area contributed by atoms with Gasteiger partial charge in [-0.1, -0.05) is 13.3 Å². The monoisotopic (exact) mass is 278 g/mol. The van der Waals surface area contributed by atoms with Crippen LogP contribution in [0.5, 0.6) is 0 Å². The van der Waals surface area contributed by atoms with Gasteiger partial charge in [0, 0.05) is 37.9 Å². The Balaban J connectivity index is 2.01. The maximum absolute atomic E-state index is 10.7. The number of aromatic nitrogens is 2. The highest BCUT2D eigenvalue weighted by molar-refractivity contribution is 5.69. The van der Waals surface area contributed by atoms with Crippen LogP contribution in [0.4, 0.5) is 5.82 Å². The Morgan fingerprint density at radius 2 is 2.00 bits per heavy atom. The minimum atomic E-state index is -0.762. The summed E-state index contributed by atoms with van der Waals surface area (Å²) in [4.78, 5) is 23.8. The normalized spacial score (nSPS) is 16.4. The number of piperazine rings is 1. The molecule has 6 heteroatoms. The molecule has 1 N–H and O–H groups in total. The summed E-state index contributed by atoms with van der Waals surface area (Å²) in [5.41, 5.74) is 1.09. The number of carbonyl (C=O) groups is 1. The fourth-order valence-electron chi connectivity index (χ4n) is 2.48. The van der Waals surface area contributed by atoms with Gasteiger partial charge in [-0.05, 0) is 13.3 Å². The van der Waals surface area contributed by atoms with Gasteiger partial charge in [0.15, 0.2) is 0 Å². The third kappa shape index (κ3) is 3.90. The lowest BCUT2D eigenvalue weighted by Gasteiger charge is -2.34. The molecule has 110 valence electrons. The van der Waals surface area contributed by atoms with Crippen molar-refractivity contribution >= 4 is 11.8 Å². The van der Waals surface area contributed by atoms with E-state index in [-0.39, 0.29) is 6.54 Å². The van der Waals surface area contributed by atoms with Crippen molar-refractivity contribution in [3.05, 3.63) is 17.6 Å². The fraction of sp³-hybridized carbons (Fsp3) is 0.643. The molecule has 2 heterocycles. The number of aryl methyl sites for hydroxylation is 2. The molecule has 0 atom stereocenters. The molecule has 0 aliphatic carbocycles. The molecule has 20 heavy (non-hydrogen) atoms. The van der Waals surface area contributed by atoms with Crippen LogP contribution in [0.25, 0.3) is 0 Å². The van der Waals surface area contributed by atoms with Gasteiger partial charge >= 0.3 is 5.97 Å². The van der Waals surface area contributed by atoms with E-state index in [9.17, 15) is 4.79 Å².